The molecule has 0 atom stereocenters. The van der Waals surface area contributed by atoms with Crippen molar-refractivity contribution in [3.05, 3.63) is 12.1 Å². The number of aromatic hydroxyl groups is 2. The molecule has 0 heterocycles. The number of nitrogens with zero attached hydrogens (tertiary/aromatic N) is 1. The number of likely N-dealkylation sites (N-methyl/N-ethyl adjacent to an activating group) is 1. The van der Waals surface area contributed by atoms with Crippen molar-refractivity contribution in [3.63, 3.8) is 0 Å². The maximum atomic E-state index is 9.41. The van der Waals surface area contributed by atoms with E-state index in [1.807, 2.05) is 14.1 Å². The molecule has 0 aromatic heterocycles. The van der Waals surface area contributed by atoms with Gasteiger partial charge in [0.1, 0.15) is 0 Å². The fraction of sp³-hybridized carbons (Fsp3) is 0.364. The zero-order valence-corrected chi connectivity index (χ0v) is 10.6. The van der Waals surface area contributed by atoms with Crippen molar-refractivity contribution >= 4 is 26.2 Å². The Morgan fingerprint density at radius 3 is 2.50 bits per heavy atom. The maximum Gasteiger partial charge on any atom is 0.159 e. The molecule has 0 aliphatic carbocycles. The molecule has 0 aliphatic rings. The van der Waals surface area contributed by atoms with Crippen LogP contribution in [0.3, 0.4) is 0 Å². The number of hydrogen-bond donors (Lipinski definition) is 3. The largest absolute Gasteiger partial charge is 0.504 e. The van der Waals surface area contributed by atoms with Gasteiger partial charge >= 0.3 is 0 Å². The first-order chi connectivity index (χ1) is 7.54. The van der Waals surface area contributed by atoms with E-state index in [4.69, 9.17) is 0 Å². The summed E-state index contributed by atoms with van der Waals surface area (Å²) in [6.45, 7) is 1.69. The second-order valence-corrected chi connectivity index (χ2v) is 4.69. The number of nitrogens with one attached hydrogen (secondary N) is 1. The number of rotatable bonds is 5. The summed E-state index contributed by atoms with van der Waals surface area (Å²) in [5, 5.41) is 22.9. The van der Waals surface area contributed by atoms with Gasteiger partial charge in [0.05, 0.1) is 9.13 Å². The van der Waals surface area contributed by atoms with E-state index in [1.165, 1.54) is 0 Å². The van der Waals surface area contributed by atoms with Crippen molar-refractivity contribution in [1.29, 1.82) is 0 Å². The summed E-state index contributed by atoms with van der Waals surface area (Å²) < 4.78 is 0. The lowest BCUT2D eigenvalue weighted by Crippen LogP contribution is -2.23. The lowest BCUT2D eigenvalue weighted by molar-refractivity contribution is 0.404. The third-order valence-corrected chi connectivity index (χ3v) is 2.97. The average Bonchev–Trinajstić information content (AvgIpc) is 2.22. The highest BCUT2D eigenvalue weighted by atomic mass is 28.2. The highest BCUT2D eigenvalue weighted by molar-refractivity contribution is 6.58. The summed E-state index contributed by atoms with van der Waals surface area (Å²) in [4.78, 5) is 2.07. The van der Waals surface area contributed by atoms with E-state index in [-0.39, 0.29) is 11.5 Å². The monoisotopic (exact) mass is 237 g/mol. The first-order valence-electron chi connectivity index (χ1n) is 5.02. The van der Waals surface area contributed by atoms with Crippen LogP contribution in [0.4, 0.5) is 5.69 Å². The summed E-state index contributed by atoms with van der Waals surface area (Å²) in [5.41, 5.74) is 0.838. The molecule has 1 radical (unpaired) electrons. The minimum absolute atomic E-state index is 0.0932. The number of phenolic OH excluding ortho intramolecular Hbond substituents is 2. The van der Waals surface area contributed by atoms with Gasteiger partial charge < -0.3 is 20.4 Å². The van der Waals surface area contributed by atoms with E-state index in [0.29, 0.717) is 9.13 Å². The van der Waals surface area contributed by atoms with Crippen molar-refractivity contribution in [3.8, 4) is 11.5 Å². The van der Waals surface area contributed by atoms with Crippen molar-refractivity contribution in [1.82, 2.24) is 4.90 Å². The Hall–Kier alpha value is -1.33. The van der Waals surface area contributed by atoms with Gasteiger partial charge in [0.2, 0.25) is 0 Å². The molecule has 5 heteroatoms. The summed E-state index contributed by atoms with van der Waals surface area (Å²) >= 11 is 0. The predicted molar refractivity (Wildman–Crippen MR) is 69.3 cm³/mol. The van der Waals surface area contributed by atoms with Crippen molar-refractivity contribution in [2.45, 2.75) is 0 Å². The van der Waals surface area contributed by atoms with E-state index in [1.54, 1.807) is 12.1 Å². The molecule has 0 unspecified atom stereocenters. The Bertz CT molecular complexity index is 380. The highest BCUT2D eigenvalue weighted by Gasteiger charge is 2.06. The Labute approximate surface area is 98.0 Å². The molecule has 16 heavy (non-hydrogen) atoms. The van der Waals surface area contributed by atoms with Gasteiger partial charge in [-0.2, -0.15) is 0 Å². The number of anilines is 1. The molecule has 3 N–H and O–H groups in total. The third-order valence-electron chi connectivity index (χ3n) is 2.18. The van der Waals surface area contributed by atoms with Crippen molar-refractivity contribution < 1.29 is 10.2 Å². The molecular formula is C11H17N2O2Si. The number of hydrogen-bond acceptors (Lipinski definition) is 4. The smallest absolute Gasteiger partial charge is 0.159 e. The summed E-state index contributed by atoms with van der Waals surface area (Å²) in [5.74, 6) is -0.196. The van der Waals surface area contributed by atoms with Gasteiger partial charge in [-0.3, -0.25) is 0 Å². The fourth-order valence-corrected chi connectivity index (χ4v) is 1.87. The van der Waals surface area contributed by atoms with Gasteiger partial charge in [-0.1, -0.05) is 0 Å². The highest BCUT2D eigenvalue weighted by Crippen LogP contribution is 2.25. The normalized spacial score (nSPS) is 10.4. The second-order valence-electron chi connectivity index (χ2n) is 3.79. The molecule has 1 aromatic carbocycles. The van der Waals surface area contributed by atoms with Gasteiger partial charge in [0, 0.05) is 24.8 Å². The van der Waals surface area contributed by atoms with Crippen LogP contribution in [0.1, 0.15) is 0 Å². The Balaban J connectivity index is 2.78. The van der Waals surface area contributed by atoms with Crippen molar-refractivity contribution in [2.75, 3.05) is 32.5 Å². The second kappa shape index (κ2) is 5.67. The minimum atomic E-state index is -0.102. The molecule has 0 fully saturated rings. The number of phenols is 2. The van der Waals surface area contributed by atoms with Gasteiger partial charge in [-0.25, -0.2) is 0 Å². The van der Waals surface area contributed by atoms with Gasteiger partial charge in [0.15, 0.2) is 11.5 Å². The standard InChI is InChI=1S/C11H17N2O2Si/c1-13(2)5-4-12-8-6-9(14)10(15)7-11(8)16-3/h6-7,12,14-15H,3-5H2,1-2H3. The van der Waals surface area contributed by atoms with Crippen LogP contribution in [0.15, 0.2) is 12.1 Å². The molecule has 87 valence electrons. The van der Waals surface area contributed by atoms with Crippen molar-refractivity contribution in [2.24, 2.45) is 0 Å². The van der Waals surface area contributed by atoms with Crippen LogP contribution in [0.2, 0.25) is 0 Å². The molecule has 1 rings (SSSR count). The maximum absolute atomic E-state index is 9.41. The molecule has 4 nitrogen and oxygen atoms in total. The van der Waals surface area contributed by atoms with Gasteiger partial charge in [-0.05, 0) is 25.3 Å². The van der Waals surface area contributed by atoms with E-state index in [0.717, 1.165) is 24.0 Å². The Morgan fingerprint density at radius 2 is 1.94 bits per heavy atom. The zero-order valence-electron chi connectivity index (χ0n) is 9.62. The molecule has 0 aliphatic heterocycles. The zero-order chi connectivity index (χ0) is 12.1. The van der Waals surface area contributed by atoms with Crippen LogP contribution in [0.25, 0.3) is 0 Å². The number of benzene rings is 1. The van der Waals surface area contributed by atoms with Crippen LogP contribution < -0.4 is 10.5 Å². The first kappa shape index (κ1) is 12.7. The van der Waals surface area contributed by atoms with Crippen LogP contribution in [-0.2, 0) is 0 Å². The van der Waals surface area contributed by atoms with E-state index in [2.05, 4.69) is 16.4 Å². The molecule has 0 saturated carbocycles. The minimum Gasteiger partial charge on any atom is -0.504 e. The Kier molecular flexibility index (Phi) is 4.51. The molecular weight excluding hydrogens is 220 g/mol. The lowest BCUT2D eigenvalue weighted by atomic mass is 10.2. The molecule has 0 bridgehead atoms. The van der Waals surface area contributed by atoms with Crippen LogP contribution in [0.5, 0.6) is 11.5 Å². The summed E-state index contributed by atoms with van der Waals surface area (Å²) in [7, 11) is 4.33. The van der Waals surface area contributed by atoms with Crippen LogP contribution >= 0.6 is 0 Å². The summed E-state index contributed by atoms with van der Waals surface area (Å²) in [6, 6.07) is 3.09. The Morgan fingerprint density at radius 1 is 1.31 bits per heavy atom. The lowest BCUT2D eigenvalue weighted by Gasteiger charge is -2.14. The fourth-order valence-electron chi connectivity index (χ4n) is 1.28. The first-order valence-corrected chi connectivity index (χ1v) is 6.23. The van der Waals surface area contributed by atoms with Crippen LogP contribution in [0, 0.1) is 0 Å². The quantitative estimate of drug-likeness (QED) is 0.378. The topological polar surface area (TPSA) is 55.7 Å². The van der Waals surface area contributed by atoms with Gasteiger partial charge in [-0.15, -0.1) is 6.17 Å². The van der Waals surface area contributed by atoms with E-state index >= 15 is 0 Å². The third kappa shape index (κ3) is 3.36. The molecule has 0 spiro atoms. The molecule has 1 aromatic rings. The molecule has 0 saturated heterocycles. The van der Waals surface area contributed by atoms with Crippen LogP contribution in [-0.4, -0.2) is 57.6 Å². The predicted octanol–water partition coefficient (Wildman–Crippen LogP) is -0.167. The van der Waals surface area contributed by atoms with Gasteiger partial charge in [0.25, 0.3) is 0 Å². The SMILES string of the molecule is C=[Si]c1cc(O)c(O)cc1NCCN(C)C. The van der Waals surface area contributed by atoms with E-state index in [9.17, 15) is 10.2 Å². The average molecular weight is 237 g/mol. The van der Waals surface area contributed by atoms with E-state index < -0.39 is 0 Å². The molecule has 0 amide bonds. The summed E-state index contributed by atoms with van der Waals surface area (Å²) in [6.07, 6.45) is 3.82.